The zero-order valence-electron chi connectivity index (χ0n) is 31.0. The SMILES string of the molecule is O=C(O)CO[C@H]1O[C@H](COC(c2ccccc2)(c2ccccc2)c2ccccc2)[C@@H](OCc2ccccc2)[C@H](OCc2ccccc2)[C@@H]1OCc1ccccc1. The summed E-state index contributed by atoms with van der Waals surface area (Å²) in [6, 6.07) is 59.8. The van der Waals surface area contributed by atoms with Crippen molar-refractivity contribution in [1.29, 1.82) is 0 Å². The molecule has 1 saturated heterocycles. The Balaban J connectivity index is 1.30. The van der Waals surface area contributed by atoms with E-state index in [1.54, 1.807) is 0 Å². The Labute approximate surface area is 328 Å². The summed E-state index contributed by atoms with van der Waals surface area (Å²) in [7, 11) is 0. The lowest BCUT2D eigenvalue weighted by Gasteiger charge is -2.47. The van der Waals surface area contributed by atoms with Gasteiger partial charge in [0.15, 0.2) is 6.29 Å². The van der Waals surface area contributed by atoms with Gasteiger partial charge in [-0.05, 0) is 33.4 Å². The van der Waals surface area contributed by atoms with Gasteiger partial charge in [0.05, 0.1) is 26.4 Å². The molecule has 0 spiro atoms. The minimum absolute atomic E-state index is 0.0155. The van der Waals surface area contributed by atoms with Gasteiger partial charge in [0, 0.05) is 0 Å². The van der Waals surface area contributed by atoms with Crippen LogP contribution in [0.3, 0.4) is 0 Å². The van der Waals surface area contributed by atoms with E-state index in [2.05, 4.69) is 36.4 Å². The molecular weight excluding hydrogens is 705 g/mol. The van der Waals surface area contributed by atoms with Gasteiger partial charge in [0.2, 0.25) is 0 Å². The largest absolute Gasteiger partial charge is 0.480 e. The van der Waals surface area contributed by atoms with Crippen molar-refractivity contribution in [3.05, 3.63) is 215 Å². The molecule has 1 fully saturated rings. The van der Waals surface area contributed by atoms with E-state index in [0.717, 1.165) is 33.4 Å². The highest BCUT2D eigenvalue weighted by Crippen LogP contribution is 2.42. The molecule has 286 valence electrons. The molecule has 1 aliphatic rings. The third-order valence-electron chi connectivity index (χ3n) is 9.82. The molecular formula is C48H46O8. The molecule has 0 unspecified atom stereocenters. The first-order chi connectivity index (χ1) is 27.6. The van der Waals surface area contributed by atoms with Crippen LogP contribution in [0.4, 0.5) is 0 Å². The second kappa shape index (κ2) is 19.4. The first-order valence-electron chi connectivity index (χ1n) is 18.9. The number of benzene rings is 6. The van der Waals surface area contributed by atoms with Gasteiger partial charge in [-0.2, -0.15) is 0 Å². The van der Waals surface area contributed by atoms with Gasteiger partial charge in [-0.15, -0.1) is 0 Å². The fourth-order valence-corrected chi connectivity index (χ4v) is 7.14. The van der Waals surface area contributed by atoms with Crippen molar-refractivity contribution in [2.45, 2.75) is 56.1 Å². The van der Waals surface area contributed by atoms with E-state index in [-0.39, 0.29) is 26.4 Å². The molecule has 1 N–H and O–H groups in total. The average Bonchev–Trinajstić information content (AvgIpc) is 3.26. The zero-order chi connectivity index (χ0) is 38.4. The number of carbonyl (C=O) groups is 1. The van der Waals surface area contributed by atoms with Crippen molar-refractivity contribution in [2.75, 3.05) is 13.2 Å². The fraction of sp³-hybridized carbons (Fsp3) is 0.229. The van der Waals surface area contributed by atoms with Crippen molar-refractivity contribution in [3.63, 3.8) is 0 Å². The molecule has 56 heavy (non-hydrogen) atoms. The number of rotatable bonds is 18. The van der Waals surface area contributed by atoms with Crippen molar-refractivity contribution in [2.24, 2.45) is 0 Å². The number of hydrogen-bond donors (Lipinski definition) is 1. The van der Waals surface area contributed by atoms with Crippen molar-refractivity contribution in [1.82, 2.24) is 0 Å². The second-order valence-corrected chi connectivity index (χ2v) is 13.6. The van der Waals surface area contributed by atoms with Crippen molar-refractivity contribution >= 4 is 5.97 Å². The minimum Gasteiger partial charge on any atom is -0.480 e. The Hall–Kier alpha value is -5.45. The van der Waals surface area contributed by atoms with Gasteiger partial charge < -0.3 is 33.5 Å². The first kappa shape index (κ1) is 38.8. The van der Waals surface area contributed by atoms with Gasteiger partial charge >= 0.3 is 5.97 Å². The summed E-state index contributed by atoms with van der Waals surface area (Å²) in [5.74, 6) is -1.14. The molecule has 0 radical (unpaired) electrons. The van der Waals surface area contributed by atoms with E-state index in [1.165, 1.54) is 0 Å². The molecule has 1 aliphatic heterocycles. The maximum absolute atomic E-state index is 12.0. The third-order valence-corrected chi connectivity index (χ3v) is 9.82. The zero-order valence-corrected chi connectivity index (χ0v) is 31.0. The molecule has 0 aromatic heterocycles. The van der Waals surface area contributed by atoms with Gasteiger partial charge in [0.1, 0.15) is 36.6 Å². The predicted octanol–water partition coefficient (Wildman–Crippen LogP) is 8.58. The van der Waals surface area contributed by atoms with Gasteiger partial charge in [-0.1, -0.05) is 182 Å². The molecule has 0 bridgehead atoms. The van der Waals surface area contributed by atoms with E-state index in [0.29, 0.717) is 0 Å². The lowest BCUT2D eigenvalue weighted by molar-refractivity contribution is -0.329. The molecule has 5 atom stereocenters. The predicted molar refractivity (Wildman–Crippen MR) is 212 cm³/mol. The fourth-order valence-electron chi connectivity index (χ4n) is 7.14. The number of carboxylic acid groups (broad SMARTS) is 1. The average molecular weight is 751 g/mol. The first-order valence-corrected chi connectivity index (χ1v) is 18.9. The van der Waals surface area contributed by atoms with Crippen LogP contribution in [0, 0.1) is 0 Å². The molecule has 1 heterocycles. The van der Waals surface area contributed by atoms with Crippen LogP contribution in [0.2, 0.25) is 0 Å². The van der Waals surface area contributed by atoms with Gasteiger partial charge in [0.25, 0.3) is 0 Å². The van der Waals surface area contributed by atoms with Crippen LogP contribution in [0.15, 0.2) is 182 Å². The molecule has 0 saturated carbocycles. The molecule has 6 aromatic carbocycles. The standard InChI is InChI=1S/C48H46O8/c49-43(50)35-54-47-46(53-33-38-23-11-3-12-24-38)45(52-32-37-21-9-2-10-22-37)44(51-31-36-19-7-1-8-20-36)42(56-47)34-55-48(39-25-13-4-14-26-39,40-27-15-5-16-28-40)41-29-17-6-18-30-41/h1-30,42,44-47H,31-35H2,(H,49,50)/t42-,44-,45+,46+,47+/m1/s1. The highest BCUT2D eigenvalue weighted by atomic mass is 16.7. The van der Waals surface area contributed by atoms with Crippen LogP contribution in [-0.4, -0.2) is 55.0 Å². The Morgan fingerprint density at radius 3 is 1.23 bits per heavy atom. The van der Waals surface area contributed by atoms with Crippen molar-refractivity contribution < 1.29 is 38.3 Å². The number of hydrogen-bond acceptors (Lipinski definition) is 7. The Kier molecular flexibility index (Phi) is 13.5. The Morgan fingerprint density at radius 1 is 0.482 bits per heavy atom. The van der Waals surface area contributed by atoms with Crippen LogP contribution in [0.25, 0.3) is 0 Å². The van der Waals surface area contributed by atoms with Crippen LogP contribution < -0.4 is 0 Å². The molecule has 0 amide bonds. The highest BCUT2D eigenvalue weighted by Gasteiger charge is 2.50. The van der Waals surface area contributed by atoms with Crippen LogP contribution in [0.5, 0.6) is 0 Å². The van der Waals surface area contributed by atoms with Crippen molar-refractivity contribution in [3.8, 4) is 0 Å². The van der Waals surface area contributed by atoms with E-state index < -0.39 is 48.9 Å². The summed E-state index contributed by atoms with van der Waals surface area (Å²) in [5.41, 5.74) is 4.56. The maximum Gasteiger partial charge on any atom is 0.329 e. The molecule has 8 nitrogen and oxygen atoms in total. The topological polar surface area (TPSA) is 92.7 Å². The second-order valence-electron chi connectivity index (χ2n) is 13.6. The summed E-state index contributed by atoms with van der Waals surface area (Å²) >= 11 is 0. The molecule has 7 rings (SSSR count). The normalized spacial score (nSPS) is 19.7. The number of aliphatic carboxylic acids is 1. The van der Waals surface area contributed by atoms with E-state index in [4.69, 9.17) is 28.4 Å². The van der Waals surface area contributed by atoms with Crippen LogP contribution in [0.1, 0.15) is 33.4 Å². The molecule has 0 aliphatic carbocycles. The van der Waals surface area contributed by atoms with E-state index in [1.807, 2.05) is 146 Å². The van der Waals surface area contributed by atoms with Crippen LogP contribution in [-0.2, 0) is 58.6 Å². The smallest absolute Gasteiger partial charge is 0.329 e. The van der Waals surface area contributed by atoms with E-state index >= 15 is 0 Å². The number of carboxylic acids is 1. The summed E-state index contributed by atoms with van der Waals surface area (Å²) in [6.07, 6.45) is -4.34. The summed E-state index contributed by atoms with van der Waals surface area (Å²) in [6.45, 7) is 0.111. The number of ether oxygens (including phenoxy) is 6. The Morgan fingerprint density at radius 2 is 0.839 bits per heavy atom. The lowest BCUT2D eigenvalue weighted by atomic mass is 9.80. The highest BCUT2D eigenvalue weighted by molar-refractivity contribution is 5.68. The quantitative estimate of drug-likeness (QED) is 0.0875. The van der Waals surface area contributed by atoms with E-state index in [9.17, 15) is 9.90 Å². The van der Waals surface area contributed by atoms with Gasteiger partial charge in [-0.3, -0.25) is 0 Å². The lowest BCUT2D eigenvalue weighted by Crippen LogP contribution is -2.62. The van der Waals surface area contributed by atoms with Crippen LogP contribution >= 0.6 is 0 Å². The summed E-state index contributed by atoms with van der Waals surface area (Å²) in [5, 5.41) is 9.77. The summed E-state index contributed by atoms with van der Waals surface area (Å²) in [4.78, 5) is 12.0. The summed E-state index contributed by atoms with van der Waals surface area (Å²) < 4.78 is 40.3. The monoisotopic (exact) mass is 750 g/mol. The molecule has 8 heteroatoms. The molecule has 6 aromatic rings. The Bertz CT molecular complexity index is 1940. The minimum atomic E-state index is -1.14. The third kappa shape index (κ3) is 9.67. The maximum atomic E-state index is 12.0. The van der Waals surface area contributed by atoms with Gasteiger partial charge in [-0.25, -0.2) is 4.79 Å².